The van der Waals surface area contributed by atoms with Crippen molar-refractivity contribution in [2.75, 3.05) is 24.4 Å². The maximum Gasteiger partial charge on any atom is 0.198 e. The first-order valence-electron chi connectivity index (χ1n) is 11.5. The van der Waals surface area contributed by atoms with Gasteiger partial charge in [0.2, 0.25) is 0 Å². The van der Waals surface area contributed by atoms with Gasteiger partial charge in [-0.05, 0) is 115 Å². The molecule has 1 aromatic heterocycles. The quantitative estimate of drug-likeness (QED) is 0.125. The van der Waals surface area contributed by atoms with Crippen molar-refractivity contribution in [3.63, 3.8) is 0 Å². The lowest BCUT2D eigenvalue weighted by Crippen LogP contribution is -2.09. The lowest BCUT2D eigenvalue weighted by Gasteiger charge is -2.13. The first-order chi connectivity index (χ1) is 17.4. The van der Waals surface area contributed by atoms with Crippen molar-refractivity contribution >= 4 is 41.9 Å². The number of rotatable bonds is 9. The van der Waals surface area contributed by atoms with Gasteiger partial charge >= 0.3 is 0 Å². The molecule has 0 fully saturated rings. The van der Waals surface area contributed by atoms with E-state index in [1.807, 2.05) is 75.5 Å². The van der Waals surface area contributed by atoms with E-state index in [1.54, 1.807) is 4.57 Å². The zero-order valence-corrected chi connectivity index (χ0v) is 22.0. The maximum atomic E-state index is 9.99. The molecule has 0 aliphatic carbocycles. The van der Waals surface area contributed by atoms with Gasteiger partial charge in [-0.15, -0.1) is 0 Å². The zero-order chi connectivity index (χ0) is 25.7. The molecule has 0 bridgehead atoms. The SMILES string of the molecule is CNc1ccc(OCNc2cccc(-n3c(=S)[nH][nH]c3=S)c2)cc1CC=Cc1cc(C)c(O)c(C)c1. The fraction of sp³-hybridized carbons (Fsp3) is 0.185. The average Bonchev–Trinajstić information content (AvgIpc) is 3.20. The molecule has 0 amide bonds. The Hall–Kier alpha value is -3.82. The number of aryl methyl sites for hydroxylation is 2. The summed E-state index contributed by atoms with van der Waals surface area (Å²) in [5.74, 6) is 1.12. The molecule has 4 aromatic rings. The number of allylic oxidation sites excluding steroid dienone is 1. The average molecular weight is 520 g/mol. The predicted octanol–water partition coefficient (Wildman–Crippen LogP) is 6.66. The molecule has 0 saturated heterocycles. The van der Waals surface area contributed by atoms with Crippen molar-refractivity contribution < 1.29 is 9.84 Å². The molecule has 0 aliphatic heterocycles. The Morgan fingerprint density at radius 2 is 1.72 bits per heavy atom. The second kappa shape index (κ2) is 11.3. The Morgan fingerprint density at radius 3 is 2.42 bits per heavy atom. The standard InChI is InChI=1S/C27H29N5O2S2/c1-17-12-19(13-18(2)25(17)33)6-4-7-20-14-23(10-11-24(20)28-3)34-16-29-21-8-5-9-22(15-21)32-26(35)30-31-27(32)36/h4-6,8-15,28-29,33H,7,16H2,1-3H3,(H,30,35)(H,31,36). The van der Waals surface area contributed by atoms with Gasteiger partial charge in [-0.25, -0.2) is 0 Å². The van der Waals surface area contributed by atoms with Gasteiger partial charge in [0.1, 0.15) is 11.5 Å². The van der Waals surface area contributed by atoms with E-state index in [-0.39, 0.29) is 0 Å². The first kappa shape index (κ1) is 25.3. The van der Waals surface area contributed by atoms with Crippen LogP contribution in [0.4, 0.5) is 11.4 Å². The molecule has 9 heteroatoms. The van der Waals surface area contributed by atoms with Crippen molar-refractivity contribution in [3.8, 4) is 17.2 Å². The Morgan fingerprint density at radius 1 is 1.00 bits per heavy atom. The summed E-state index contributed by atoms with van der Waals surface area (Å²) in [7, 11) is 1.91. The van der Waals surface area contributed by atoms with Crippen LogP contribution in [0.5, 0.6) is 11.5 Å². The number of anilines is 2. The Bertz CT molecular complexity index is 1470. The third-order valence-electron chi connectivity index (χ3n) is 5.81. The Labute approximate surface area is 220 Å². The van der Waals surface area contributed by atoms with Crippen LogP contribution in [0, 0.1) is 23.4 Å². The second-order valence-corrected chi connectivity index (χ2v) is 9.16. The predicted molar refractivity (Wildman–Crippen MR) is 152 cm³/mol. The van der Waals surface area contributed by atoms with E-state index in [0.717, 1.165) is 51.5 Å². The molecule has 1 heterocycles. The van der Waals surface area contributed by atoms with Gasteiger partial charge in [0, 0.05) is 18.4 Å². The van der Waals surface area contributed by atoms with Crippen LogP contribution in [0.25, 0.3) is 11.8 Å². The molecule has 186 valence electrons. The number of aromatic amines is 2. The molecule has 0 radical (unpaired) electrons. The fourth-order valence-electron chi connectivity index (χ4n) is 3.98. The minimum absolute atomic E-state index is 0.301. The van der Waals surface area contributed by atoms with Crippen LogP contribution in [0.3, 0.4) is 0 Å². The normalized spacial score (nSPS) is 11.1. The van der Waals surface area contributed by atoms with E-state index in [1.165, 1.54) is 0 Å². The fourth-order valence-corrected chi connectivity index (χ4v) is 4.54. The molecule has 7 nitrogen and oxygen atoms in total. The third kappa shape index (κ3) is 5.87. The van der Waals surface area contributed by atoms with Crippen molar-refractivity contribution in [1.82, 2.24) is 14.8 Å². The van der Waals surface area contributed by atoms with Crippen molar-refractivity contribution in [2.24, 2.45) is 0 Å². The molecule has 0 spiro atoms. The van der Waals surface area contributed by atoms with Gasteiger partial charge in [-0.2, -0.15) is 0 Å². The molecule has 0 saturated carbocycles. The number of aromatic hydroxyl groups is 1. The summed E-state index contributed by atoms with van der Waals surface area (Å²) in [5.41, 5.74) is 6.73. The topological polar surface area (TPSA) is 90.0 Å². The molecule has 0 unspecified atom stereocenters. The van der Waals surface area contributed by atoms with Crippen molar-refractivity contribution in [2.45, 2.75) is 20.3 Å². The molecule has 5 N–H and O–H groups in total. The van der Waals surface area contributed by atoms with Gasteiger partial charge in [0.15, 0.2) is 16.3 Å². The number of ether oxygens (including phenoxy) is 1. The molecular formula is C27H29N5O2S2. The highest BCUT2D eigenvalue weighted by Gasteiger charge is 2.06. The number of benzene rings is 3. The van der Waals surface area contributed by atoms with E-state index >= 15 is 0 Å². The molecule has 4 rings (SSSR count). The summed E-state index contributed by atoms with van der Waals surface area (Å²) >= 11 is 10.6. The highest BCUT2D eigenvalue weighted by molar-refractivity contribution is 7.72. The number of phenols is 1. The van der Waals surface area contributed by atoms with Crippen LogP contribution >= 0.6 is 24.4 Å². The second-order valence-electron chi connectivity index (χ2n) is 8.39. The lowest BCUT2D eigenvalue weighted by atomic mass is 10.0. The van der Waals surface area contributed by atoms with Crippen LogP contribution in [0.15, 0.2) is 60.7 Å². The number of H-pyrrole nitrogens is 2. The number of hydrogen-bond acceptors (Lipinski definition) is 6. The van der Waals surface area contributed by atoms with E-state index in [2.05, 4.69) is 33.0 Å². The summed E-state index contributed by atoms with van der Waals surface area (Å²) in [5, 5.41) is 22.2. The summed E-state index contributed by atoms with van der Waals surface area (Å²) in [6.07, 6.45) is 4.93. The molecule has 0 aliphatic rings. The lowest BCUT2D eigenvalue weighted by molar-refractivity contribution is 0.346. The number of aromatic nitrogens is 3. The van der Waals surface area contributed by atoms with Gasteiger partial charge in [0.25, 0.3) is 0 Å². The Kier molecular flexibility index (Phi) is 7.92. The maximum absolute atomic E-state index is 9.99. The molecular weight excluding hydrogens is 490 g/mol. The summed E-state index contributed by atoms with van der Waals surface area (Å²) in [4.78, 5) is 0. The smallest absolute Gasteiger partial charge is 0.198 e. The molecule has 3 aromatic carbocycles. The molecule has 36 heavy (non-hydrogen) atoms. The summed E-state index contributed by atoms with van der Waals surface area (Å²) < 4.78 is 8.76. The number of hydrogen-bond donors (Lipinski definition) is 5. The van der Waals surface area contributed by atoms with Crippen molar-refractivity contribution in [3.05, 3.63) is 92.5 Å². The van der Waals surface area contributed by atoms with Gasteiger partial charge in [0.05, 0.1) is 5.69 Å². The van der Waals surface area contributed by atoms with Crippen LogP contribution in [-0.2, 0) is 6.42 Å². The largest absolute Gasteiger partial charge is 0.507 e. The number of nitrogens with one attached hydrogen (secondary N) is 4. The van der Waals surface area contributed by atoms with E-state index in [9.17, 15) is 5.11 Å². The minimum atomic E-state index is 0.301. The van der Waals surface area contributed by atoms with Crippen molar-refractivity contribution in [1.29, 1.82) is 0 Å². The van der Waals surface area contributed by atoms with Crippen LogP contribution in [0.1, 0.15) is 22.3 Å². The number of nitrogens with zero attached hydrogens (tertiary/aromatic N) is 1. The third-order valence-corrected chi connectivity index (χ3v) is 6.38. The highest BCUT2D eigenvalue weighted by Crippen LogP contribution is 2.25. The first-order valence-corrected chi connectivity index (χ1v) is 12.3. The molecule has 0 atom stereocenters. The highest BCUT2D eigenvalue weighted by atomic mass is 32.1. The monoisotopic (exact) mass is 519 g/mol. The van der Waals surface area contributed by atoms with Gasteiger partial charge in [-0.3, -0.25) is 14.8 Å². The summed E-state index contributed by atoms with van der Waals surface area (Å²) in [6, 6.07) is 17.8. The van der Waals surface area contributed by atoms with Gasteiger partial charge < -0.3 is 20.5 Å². The number of phenolic OH excluding ortho intramolecular Hbond substituents is 1. The Balaban J connectivity index is 1.41. The summed E-state index contributed by atoms with van der Waals surface area (Å²) in [6.45, 7) is 4.12. The van der Waals surface area contributed by atoms with E-state index in [4.69, 9.17) is 29.2 Å². The minimum Gasteiger partial charge on any atom is -0.507 e. The van der Waals surface area contributed by atoms with E-state index in [0.29, 0.717) is 22.0 Å². The van der Waals surface area contributed by atoms with Crippen LogP contribution in [0.2, 0.25) is 0 Å². The van der Waals surface area contributed by atoms with Crippen LogP contribution < -0.4 is 15.4 Å². The van der Waals surface area contributed by atoms with Gasteiger partial charge in [-0.1, -0.05) is 18.2 Å². The van der Waals surface area contributed by atoms with Crippen LogP contribution in [-0.4, -0.2) is 33.6 Å². The zero-order valence-electron chi connectivity index (χ0n) is 20.4. The van der Waals surface area contributed by atoms with E-state index < -0.39 is 0 Å².